The maximum Gasteiger partial charge on any atom is 0.232 e. The number of ether oxygens (including phenoxy) is 3. The SMILES string of the molecule is COc1cnc2cccc(C(O)CN3C4CCC3CC(NC(CC3=CC=CCC3)C3=COC=CO3)C4)c2n1. The topological polar surface area (TPSA) is 89.0 Å². The number of piperidine rings is 1. The van der Waals surface area contributed by atoms with Gasteiger partial charge in [-0.05, 0) is 51.0 Å². The van der Waals surface area contributed by atoms with E-state index in [-0.39, 0.29) is 6.04 Å². The molecule has 4 aliphatic rings. The zero-order valence-corrected chi connectivity index (χ0v) is 21.8. The number of methoxy groups -OCH3 is 1. The molecule has 38 heavy (non-hydrogen) atoms. The van der Waals surface area contributed by atoms with Crippen molar-refractivity contribution >= 4 is 11.0 Å². The number of aliphatic hydroxyl groups excluding tert-OH is 1. The summed E-state index contributed by atoms with van der Waals surface area (Å²) in [7, 11) is 1.58. The number of hydrogen-bond donors (Lipinski definition) is 2. The highest BCUT2D eigenvalue weighted by atomic mass is 16.5. The minimum Gasteiger partial charge on any atom is -0.480 e. The van der Waals surface area contributed by atoms with Crippen LogP contribution in [0, 0.1) is 0 Å². The van der Waals surface area contributed by atoms with Crippen LogP contribution < -0.4 is 10.1 Å². The van der Waals surface area contributed by atoms with Crippen LogP contribution in [-0.2, 0) is 9.47 Å². The molecule has 0 saturated carbocycles. The lowest BCUT2D eigenvalue weighted by Gasteiger charge is -2.41. The van der Waals surface area contributed by atoms with E-state index in [2.05, 4.69) is 38.4 Å². The number of hydrogen-bond acceptors (Lipinski definition) is 8. The van der Waals surface area contributed by atoms with Gasteiger partial charge < -0.3 is 24.6 Å². The Morgan fingerprint density at radius 3 is 2.82 bits per heavy atom. The first-order chi connectivity index (χ1) is 18.7. The van der Waals surface area contributed by atoms with Gasteiger partial charge in [0, 0.05) is 30.2 Å². The van der Waals surface area contributed by atoms with Crippen molar-refractivity contribution in [3.05, 3.63) is 78.3 Å². The molecular weight excluding hydrogens is 480 g/mol. The predicted octanol–water partition coefficient (Wildman–Crippen LogP) is 4.65. The van der Waals surface area contributed by atoms with E-state index in [0.29, 0.717) is 36.1 Å². The molecule has 4 unspecified atom stereocenters. The van der Waals surface area contributed by atoms with Gasteiger partial charge in [-0.15, -0.1) is 0 Å². The molecule has 8 nitrogen and oxygen atoms in total. The molecule has 1 aromatic heterocycles. The molecule has 3 aliphatic heterocycles. The van der Waals surface area contributed by atoms with Gasteiger partial charge in [0.25, 0.3) is 0 Å². The van der Waals surface area contributed by atoms with Gasteiger partial charge in [0.05, 0.1) is 36.5 Å². The van der Waals surface area contributed by atoms with E-state index in [1.807, 2.05) is 18.2 Å². The monoisotopic (exact) mass is 516 g/mol. The van der Waals surface area contributed by atoms with Crippen molar-refractivity contribution < 1.29 is 19.3 Å². The van der Waals surface area contributed by atoms with Crippen molar-refractivity contribution in [1.29, 1.82) is 0 Å². The van der Waals surface area contributed by atoms with Crippen LogP contribution in [0.4, 0.5) is 0 Å². The van der Waals surface area contributed by atoms with Crippen molar-refractivity contribution in [2.75, 3.05) is 13.7 Å². The van der Waals surface area contributed by atoms with E-state index < -0.39 is 6.10 Å². The van der Waals surface area contributed by atoms with Gasteiger partial charge in [-0.2, -0.15) is 0 Å². The molecule has 1 aliphatic carbocycles. The quantitative estimate of drug-likeness (QED) is 0.498. The molecule has 2 fully saturated rings. The number of nitrogens with zero attached hydrogens (tertiary/aromatic N) is 3. The average Bonchev–Trinajstić information content (AvgIpc) is 3.19. The minimum absolute atomic E-state index is 0.0727. The van der Waals surface area contributed by atoms with Gasteiger partial charge in [-0.3, -0.25) is 4.90 Å². The number of nitrogens with one attached hydrogen (secondary N) is 1. The molecule has 0 amide bonds. The zero-order chi connectivity index (χ0) is 25.9. The number of fused-ring (bicyclic) bond motifs is 3. The summed E-state index contributed by atoms with van der Waals surface area (Å²) in [6.45, 7) is 0.593. The van der Waals surface area contributed by atoms with E-state index in [9.17, 15) is 5.11 Å². The standard InChI is InChI=1S/C30H36N4O4/c1-36-29-17-31-25-9-5-8-24(30(25)33-29)27(35)18-34-22-10-11-23(34)16-21(15-22)32-26(28-19-37-12-13-38-28)14-20-6-3-2-4-7-20/h2-3,5-6,8-9,12-13,17,19,21-23,26-27,32,35H,4,7,10-11,14-16,18H2,1H3. The number of para-hydroxylation sites is 1. The summed E-state index contributed by atoms with van der Waals surface area (Å²) < 4.78 is 16.6. The number of rotatable bonds is 9. The molecule has 0 spiro atoms. The van der Waals surface area contributed by atoms with E-state index in [4.69, 9.17) is 14.2 Å². The van der Waals surface area contributed by atoms with Crippen LogP contribution in [0.15, 0.2) is 72.7 Å². The summed E-state index contributed by atoms with van der Waals surface area (Å²) >= 11 is 0. The summed E-state index contributed by atoms with van der Waals surface area (Å²) in [5.41, 5.74) is 3.70. The smallest absolute Gasteiger partial charge is 0.232 e. The number of aliphatic hydroxyl groups is 1. The predicted molar refractivity (Wildman–Crippen MR) is 145 cm³/mol. The normalized spacial score (nSPS) is 26.3. The molecule has 0 radical (unpaired) electrons. The molecule has 8 heteroatoms. The fourth-order valence-electron chi connectivity index (χ4n) is 6.46. The van der Waals surface area contributed by atoms with Crippen molar-refractivity contribution in [2.24, 2.45) is 0 Å². The lowest BCUT2D eigenvalue weighted by atomic mass is 9.92. The summed E-state index contributed by atoms with van der Waals surface area (Å²) in [5, 5.41) is 15.3. The Morgan fingerprint density at radius 1 is 1.21 bits per heavy atom. The first kappa shape index (κ1) is 25.1. The molecule has 200 valence electrons. The van der Waals surface area contributed by atoms with Gasteiger partial charge in [-0.1, -0.05) is 35.9 Å². The van der Waals surface area contributed by atoms with Gasteiger partial charge in [0.2, 0.25) is 5.88 Å². The second kappa shape index (κ2) is 11.3. The van der Waals surface area contributed by atoms with Gasteiger partial charge >= 0.3 is 0 Å². The second-order valence-corrected chi connectivity index (χ2v) is 10.7. The highest BCUT2D eigenvalue weighted by Gasteiger charge is 2.42. The average molecular weight is 517 g/mol. The van der Waals surface area contributed by atoms with Crippen molar-refractivity contribution in [2.45, 2.75) is 75.2 Å². The van der Waals surface area contributed by atoms with E-state index in [1.54, 1.807) is 32.1 Å². The Hall–Kier alpha value is -3.20. The zero-order valence-electron chi connectivity index (χ0n) is 21.8. The van der Waals surface area contributed by atoms with Crippen LogP contribution in [0.3, 0.4) is 0 Å². The van der Waals surface area contributed by atoms with Crippen molar-refractivity contribution in [3.63, 3.8) is 0 Å². The van der Waals surface area contributed by atoms with Crippen molar-refractivity contribution in [3.8, 4) is 5.88 Å². The molecule has 6 rings (SSSR count). The molecule has 1 aromatic carbocycles. The Kier molecular flexibility index (Phi) is 7.44. The third kappa shape index (κ3) is 5.34. The Labute approximate surface area is 223 Å². The van der Waals surface area contributed by atoms with E-state index >= 15 is 0 Å². The second-order valence-electron chi connectivity index (χ2n) is 10.7. The van der Waals surface area contributed by atoms with Crippen LogP contribution in [0.25, 0.3) is 11.0 Å². The van der Waals surface area contributed by atoms with Crippen molar-refractivity contribution in [1.82, 2.24) is 20.2 Å². The number of allylic oxidation sites excluding steroid dienone is 3. The fourth-order valence-corrected chi connectivity index (χ4v) is 6.46. The third-order valence-electron chi connectivity index (χ3n) is 8.29. The summed E-state index contributed by atoms with van der Waals surface area (Å²) in [6, 6.07) is 7.13. The summed E-state index contributed by atoms with van der Waals surface area (Å²) in [5.74, 6) is 1.29. The summed E-state index contributed by atoms with van der Waals surface area (Å²) in [6.07, 6.45) is 20.0. The minimum atomic E-state index is -0.642. The Balaban J connectivity index is 1.14. The molecule has 4 atom stereocenters. The van der Waals surface area contributed by atoms with Crippen LogP contribution in [-0.4, -0.2) is 57.8 Å². The van der Waals surface area contributed by atoms with Gasteiger partial charge in [0.1, 0.15) is 18.8 Å². The van der Waals surface area contributed by atoms with Gasteiger partial charge in [0.15, 0.2) is 5.76 Å². The third-order valence-corrected chi connectivity index (χ3v) is 8.29. The van der Waals surface area contributed by atoms with Crippen LogP contribution in [0.1, 0.15) is 56.6 Å². The highest BCUT2D eigenvalue weighted by molar-refractivity contribution is 5.78. The van der Waals surface area contributed by atoms with Gasteiger partial charge in [-0.25, -0.2) is 9.97 Å². The number of benzene rings is 1. The summed E-state index contributed by atoms with van der Waals surface area (Å²) in [4.78, 5) is 11.5. The lowest BCUT2D eigenvalue weighted by molar-refractivity contribution is 0.0501. The first-order valence-electron chi connectivity index (χ1n) is 13.7. The van der Waals surface area contributed by atoms with Crippen LogP contribution in [0.2, 0.25) is 0 Å². The number of aromatic nitrogens is 2. The molecule has 2 aromatic rings. The maximum atomic E-state index is 11.3. The maximum absolute atomic E-state index is 11.3. The first-order valence-corrected chi connectivity index (χ1v) is 13.7. The largest absolute Gasteiger partial charge is 0.480 e. The Morgan fingerprint density at radius 2 is 2.08 bits per heavy atom. The molecule has 4 heterocycles. The highest BCUT2D eigenvalue weighted by Crippen LogP contribution is 2.38. The molecule has 2 N–H and O–H groups in total. The molecule has 2 saturated heterocycles. The van der Waals surface area contributed by atoms with E-state index in [0.717, 1.165) is 61.8 Å². The van der Waals surface area contributed by atoms with E-state index in [1.165, 1.54) is 5.57 Å². The Bertz CT molecular complexity index is 1260. The molecule has 2 bridgehead atoms. The van der Waals surface area contributed by atoms with Crippen LogP contribution >= 0.6 is 0 Å². The molecular formula is C30H36N4O4. The fraction of sp³-hybridized carbons (Fsp3) is 0.467. The lowest BCUT2D eigenvalue weighted by Crippen LogP contribution is -2.52. The van der Waals surface area contributed by atoms with Crippen LogP contribution in [0.5, 0.6) is 5.88 Å².